The average molecular weight is 215 g/mol. The molecule has 1 rings (SSSR count). The van der Waals surface area contributed by atoms with E-state index >= 15 is 0 Å². The minimum atomic E-state index is 1.08. The second-order valence-corrected chi connectivity index (χ2v) is 3.27. The maximum atomic E-state index is 4.82. The van der Waals surface area contributed by atoms with Crippen LogP contribution in [0.4, 0.5) is 0 Å². The van der Waals surface area contributed by atoms with Crippen LogP contribution in [0.5, 0.6) is 0 Å². The van der Waals surface area contributed by atoms with Gasteiger partial charge in [0.2, 0.25) is 0 Å². The molecule has 1 aromatic carbocycles. The number of hydrogen-bond donors (Lipinski definition) is 0. The van der Waals surface area contributed by atoms with E-state index in [-0.39, 0.29) is 0 Å². The van der Waals surface area contributed by atoms with Crippen LogP contribution >= 0.6 is 28.1 Å². The zero-order chi connectivity index (χ0) is 7.56. The molecule has 10 heavy (non-hydrogen) atoms. The molecule has 0 aliphatic carbocycles. The van der Waals surface area contributed by atoms with Gasteiger partial charge in [0.25, 0.3) is 0 Å². The van der Waals surface area contributed by atoms with Gasteiger partial charge in [0.05, 0.1) is 0 Å². The van der Waals surface area contributed by atoms with E-state index in [1.807, 2.05) is 25.1 Å². The summed E-state index contributed by atoms with van der Waals surface area (Å²) in [6.45, 7) is 2.05. The van der Waals surface area contributed by atoms with Crippen molar-refractivity contribution >= 4 is 33.5 Å². The van der Waals surface area contributed by atoms with Crippen molar-refractivity contribution < 1.29 is 0 Å². The second-order valence-electron chi connectivity index (χ2n) is 2.12. The fraction of sp³-hybridized carbons (Fsp3) is 0.125. The third-order valence-corrected chi connectivity index (χ3v) is 2.12. The van der Waals surface area contributed by atoms with Crippen LogP contribution in [0.25, 0.3) is 0 Å². The Morgan fingerprint density at radius 2 is 2.20 bits per heavy atom. The molecule has 0 N–H and O–H groups in total. The van der Waals surface area contributed by atoms with E-state index in [0.29, 0.717) is 0 Å². The highest BCUT2D eigenvalue weighted by Crippen LogP contribution is 2.14. The standard InChI is InChI=1S/C8H7BrS/c1-6-2-3-8(9)4-7(6)5-10/h2-5H,1H3. The molecule has 0 bridgehead atoms. The van der Waals surface area contributed by atoms with Crippen molar-refractivity contribution in [1.82, 2.24) is 0 Å². The van der Waals surface area contributed by atoms with Crippen LogP contribution in [0.3, 0.4) is 0 Å². The van der Waals surface area contributed by atoms with Crippen molar-refractivity contribution in [2.45, 2.75) is 6.92 Å². The minimum Gasteiger partial charge on any atom is -0.0881 e. The summed E-state index contributed by atoms with van der Waals surface area (Å²) < 4.78 is 1.08. The summed E-state index contributed by atoms with van der Waals surface area (Å²) in [6.07, 6.45) is 0. The smallest absolute Gasteiger partial charge is 0.0181 e. The van der Waals surface area contributed by atoms with Gasteiger partial charge in [0.1, 0.15) is 0 Å². The van der Waals surface area contributed by atoms with Gasteiger partial charge in [-0.1, -0.05) is 34.2 Å². The maximum Gasteiger partial charge on any atom is 0.0181 e. The van der Waals surface area contributed by atoms with Crippen LogP contribution in [0, 0.1) is 6.92 Å². The van der Waals surface area contributed by atoms with Crippen LogP contribution in [0.1, 0.15) is 11.1 Å². The highest BCUT2D eigenvalue weighted by Gasteiger charge is 1.93. The lowest BCUT2D eigenvalue weighted by Gasteiger charge is -1.97. The Labute approximate surface area is 74.4 Å². The van der Waals surface area contributed by atoms with Crippen LogP contribution in [0.2, 0.25) is 0 Å². The topological polar surface area (TPSA) is 0 Å². The monoisotopic (exact) mass is 214 g/mol. The summed E-state index contributed by atoms with van der Waals surface area (Å²) in [5.74, 6) is 0. The lowest BCUT2D eigenvalue weighted by atomic mass is 10.1. The number of thiocarbonyl (C=S) groups is 1. The second kappa shape index (κ2) is 3.26. The molecule has 1 aromatic rings. The van der Waals surface area contributed by atoms with Crippen molar-refractivity contribution in [3.05, 3.63) is 33.8 Å². The van der Waals surface area contributed by atoms with E-state index in [9.17, 15) is 0 Å². The van der Waals surface area contributed by atoms with E-state index in [1.54, 1.807) is 5.37 Å². The third-order valence-electron chi connectivity index (χ3n) is 1.37. The average Bonchev–Trinajstić information content (AvgIpc) is 1.94. The maximum absolute atomic E-state index is 4.82. The zero-order valence-electron chi connectivity index (χ0n) is 5.60. The molecule has 0 amide bonds. The van der Waals surface area contributed by atoms with Gasteiger partial charge in [0, 0.05) is 9.84 Å². The van der Waals surface area contributed by atoms with Crippen LogP contribution in [-0.2, 0) is 0 Å². The third kappa shape index (κ3) is 1.64. The zero-order valence-corrected chi connectivity index (χ0v) is 8.00. The van der Waals surface area contributed by atoms with Crippen LogP contribution in [0.15, 0.2) is 22.7 Å². The molecule has 0 heterocycles. The van der Waals surface area contributed by atoms with Crippen LogP contribution < -0.4 is 0 Å². The molecule has 0 spiro atoms. The summed E-state index contributed by atoms with van der Waals surface area (Å²) in [4.78, 5) is 0. The Morgan fingerprint density at radius 1 is 1.50 bits per heavy atom. The Bertz CT molecular complexity index is 255. The van der Waals surface area contributed by atoms with E-state index in [1.165, 1.54) is 5.56 Å². The lowest BCUT2D eigenvalue weighted by molar-refractivity contribution is 1.44. The summed E-state index contributed by atoms with van der Waals surface area (Å²) in [6, 6.07) is 6.07. The van der Waals surface area contributed by atoms with Gasteiger partial charge in [-0.05, 0) is 30.2 Å². The number of rotatable bonds is 1. The Kier molecular flexibility index (Phi) is 2.57. The van der Waals surface area contributed by atoms with Gasteiger partial charge >= 0.3 is 0 Å². The van der Waals surface area contributed by atoms with E-state index in [0.717, 1.165) is 10.0 Å². The summed E-state index contributed by atoms with van der Waals surface area (Å²) >= 11 is 8.19. The van der Waals surface area contributed by atoms with Crippen molar-refractivity contribution in [1.29, 1.82) is 0 Å². The van der Waals surface area contributed by atoms with E-state index in [4.69, 9.17) is 12.2 Å². The molecule has 52 valence electrons. The van der Waals surface area contributed by atoms with Gasteiger partial charge in [0.15, 0.2) is 0 Å². The Balaban J connectivity index is 3.21. The summed E-state index contributed by atoms with van der Waals surface area (Å²) in [5.41, 5.74) is 2.34. The molecule has 0 fully saturated rings. The molecule has 0 radical (unpaired) electrons. The lowest BCUT2D eigenvalue weighted by Crippen LogP contribution is -1.83. The fourth-order valence-corrected chi connectivity index (χ4v) is 1.37. The first-order valence-electron chi connectivity index (χ1n) is 2.95. The predicted molar refractivity (Wildman–Crippen MR) is 51.6 cm³/mol. The molecule has 0 aromatic heterocycles. The summed E-state index contributed by atoms with van der Waals surface area (Å²) in [5, 5.41) is 1.69. The SMILES string of the molecule is Cc1ccc(Br)cc1C=S. The van der Waals surface area contributed by atoms with Gasteiger partial charge in [-0.3, -0.25) is 0 Å². The molecule has 0 nitrogen and oxygen atoms in total. The van der Waals surface area contributed by atoms with Gasteiger partial charge in [-0.15, -0.1) is 0 Å². The first-order valence-corrected chi connectivity index (χ1v) is 4.22. The normalized spacial score (nSPS) is 9.40. The van der Waals surface area contributed by atoms with E-state index < -0.39 is 0 Å². The number of aryl methyl sites for hydroxylation is 1. The molecular weight excluding hydrogens is 208 g/mol. The molecule has 0 unspecified atom stereocenters. The van der Waals surface area contributed by atoms with Crippen molar-refractivity contribution in [3.8, 4) is 0 Å². The quantitative estimate of drug-likeness (QED) is 0.648. The molecule has 2 heteroatoms. The fourth-order valence-electron chi connectivity index (χ4n) is 0.738. The largest absolute Gasteiger partial charge is 0.0881 e. The van der Waals surface area contributed by atoms with Gasteiger partial charge in [-0.2, -0.15) is 0 Å². The number of benzene rings is 1. The molecular formula is C8H7BrS. The first-order chi connectivity index (χ1) is 4.74. The van der Waals surface area contributed by atoms with Crippen molar-refractivity contribution in [2.75, 3.05) is 0 Å². The highest BCUT2D eigenvalue weighted by atomic mass is 79.9. The summed E-state index contributed by atoms with van der Waals surface area (Å²) in [7, 11) is 0. The van der Waals surface area contributed by atoms with Gasteiger partial charge < -0.3 is 0 Å². The van der Waals surface area contributed by atoms with Crippen LogP contribution in [-0.4, -0.2) is 5.37 Å². The molecule has 0 atom stereocenters. The molecule has 0 aliphatic rings. The minimum absolute atomic E-state index is 1.08. The molecule has 0 saturated heterocycles. The van der Waals surface area contributed by atoms with Crippen molar-refractivity contribution in [3.63, 3.8) is 0 Å². The number of halogens is 1. The Hall–Kier alpha value is -0.210. The number of hydrogen-bond acceptors (Lipinski definition) is 1. The first kappa shape index (κ1) is 7.89. The Morgan fingerprint density at radius 3 is 2.70 bits per heavy atom. The van der Waals surface area contributed by atoms with Crippen molar-refractivity contribution in [2.24, 2.45) is 0 Å². The van der Waals surface area contributed by atoms with Gasteiger partial charge in [-0.25, -0.2) is 0 Å². The predicted octanol–water partition coefficient (Wildman–Crippen LogP) is 3.11. The highest BCUT2D eigenvalue weighted by molar-refractivity contribution is 9.10. The molecule has 0 saturated carbocycles. The van der Waals surface area contributed by atoms with E-state index in [2.05, 4.69) is 15.9 Å². The molecule has 0 aliphatic heterocycles.